The number of hydrogen-bond donors (Lipinski definition) is 1. The Morgan fingerprint density at radius 2 is 2.00 bits per heavy atom. The standard InChI is InChI=1S/C20H24N4O4/c1-4-10-24-17(25)16-15(18(26)28-3)22-13-23(16)12-20(24,2)19(27)21-11-14-8-6-5-7-9-14/h5-9,13H,4,10-12H2,1-3H3,(H,21,27)/t20-/m0/s1. The number of nitrogens with one attached hydrogen (secondary N) is 1. The number of hydrogen-bond acceptors (Lipinski definition) is 5. The summed E-state index contributed by atoms with van der Waals surface area (Å²) in [5.74, 6) is -1.32. The highest BCUT2D eigenvalue weighted by Crippen LogP contribution is 2.29. The van der Waals surface area contributed by atoms with Gasteiger partial charge in [-0.2, -0.15) is 0 Å². The second-order valence-corrected chi connectivity index (χ2v) is 6.96. The Morgan fingerprint density at radius 1 is 1.29 bits per heavy atom. The van der Waals surface area contributed by atoms with Crippen molar-refractivity contribution in [3.63, 3.8) is 0 Å². The Balaban J connectivity index is 1.90. The Bertz CT molecular complexity index is 893. The van der Waals surface area contributed by atoms with Gasteiger partial charge in [0.2, 0.25) is 5.91 Å². The first-order chi connectivity index (χ1) is 13.4. The summed E-state index contributed by atoms with van der Waals surface area (Å²) in [5.41, 5.74) is 0.0112. The van der Waals surface area contributed by atoms with Gasteiger partial charge >= 0.3 is 5.97 Å². The molecule has 0 radical (unpaired) electrons. The zero-order valence-corrected chi connectivity index (χ0v) is 16.3. The van der Waals surface area contributed by atoms with Gasteiger partial charge in [0.05, 0.1) is 20.0 Å². The average Bonchev–Trinajstić information content (AvgIpc) is 3.13. The van der Waals surface area contributed by atoms with Crippen molar-refractivity contribution in [1.29, 1.82) is 0 Å². The van der Waals surface area contributed by atoms with Crippen LogP contribution in [0, 0.1) is 0 Å². The van der Waals surface area contributed by atoms with Gasteiger partial charge in [-0.15, -0.1) is 0 Å². The number of methoxy groups -OCH3 is 1. The molecule has 1 aliphatic rings. The van der Waals surface area contributed by atoms with Crippen LogP contribution in [0.4, 0.5) is 0 Å². The van der Waals surface area contributed by atoms with Gasteiger partial charge in [0.1, 0.15) is 11.2 Å². The van der Waals surface area contributed by atoms with Gasteiger partial charge < -0.3 is 19.5 Å². The fraction of sp³-hybridized carbons (Fsp3) is 0.400. The summed E-state index contributed by atoms with van der Waals surface area (Å²) < 4.78 is 6.28. The molecule has 2 amide bonds. The molecule has 1 aromatic carbocycles. The molecule has 0 fully saturated rings. The maximum Gasteiger partial charge on any atom is 0.359 e. The summed E-state index contributed by atoms with van der Waals surface area (Å²) in [6, 6.07) is 9.57. The predicted octanol–water partition coefficient (Wildman–Crippen LogP) is 1.61. The number of benzene rings is 1. The lowest BCUT2D eigenvalue weighted by Gasteiger charge is -2.43. The minimum atomic E-state index is -1.09. The monoisotopic (exact) mass is 384 g/mol. The van der Waals surface area contributed by atoms with E-state index in [1.54, 1.807) is 11.5 Å². The zero-order chi connectivity index (χ0) is 20.3. The molecule has 0 saturated carbocycles. The van der Waals surface area contributed by atoms with Crippen molar-refractivity contribution >= 4 is 17.8 Å². The van der Waals surface area contributed by atoms with Crippen molar-refractivity contribution in [2.75, 3.05) is 13.7 Å². The SMILES string of the molecule is CCCN1C(=O)c2c(C(=O)OC)ncn2C[C@@]1(C)C(=O)NCc1ccccc1. The molecule has 2 heterocycles. The highest BCUT2D eigenvalue weighted by Gasteiger charge is 2.48. The van der Waals surface area contributed by atoms with E-state index in [-0.39, 0.29) is 23.8 Å². The topological polar surface area (TPSA) is 93.5 Å². The molecule has 2 aromatic rings. The van der Waals surface area contributed by atoms with Crippen LogP contribution in [0.5, 0.6) is 0 Å². The Hall–Kier alpha value is -3.16. The smallest absolute Gasteiger partial charge is 0.359 e. The highest BCUT2D eigenvalue weighted by atomic mass is 16.5. The molecule has 1 atom stereocenters. The van der Waals surface area contributed by atoms with E-state index in [0.29, 0.717) is 19.5 Å². The minimum Gasteiger partial charge on any atom is -0.464 e. The van der Waals surface area contributed by atoms with Crippen LogP contribution < -0.4 is 5.32 Å². The average molecular weight is 384 g/mol. The highest BCUT2D eigenvalue weighted by molar-refractivity contribution is 6.06. The van der Waals surface area contributed by atoms with Crippen molar-refractivity contribution < 1.29 is 19.1 Å². The summed E-state index contributed by atoms with van der Waals surface area (Å²) in [4.78, 5) is 43.8. The number of aromatic nitrogens is 2. The largest absolute Gasteiger partial charge is 0.464 e. The molecule has 0 saturated heterocycles. The van der Waals surface area contributed by atoms with Crippen LogP contribution in [0.3, 0.4) is 0 Å². The van der Waals surface area contributed by atoms with Crippen LogP contribution in [0.15, 0.2) is 36.7 Å². The molecule has 0 bridgehead atoms. The normalized spacial score (nSPS) is 18.5. The fourth-order valence-electron chi connectivity index (χ4n) is 3.48. The van der Waals surface area contributed by atoms with Gasteiger partial charge in [0, 0.05) is 13.1 Å². The molecule has 148 valence electrons. The lowest BCUT2D eigenvalue weighted by Crippen LogP contribution is -2.64. The van der Waals surface area contributed by atoms with Gasteiger partial charge in [-0.3, -0.25) is 9.59 Å². The molecular weight excluding hydrogens is 360 g/mol. The van der Waals surface area contributed by atoms with E-state index in [4.69, 9.17) is 4.74 Å². The molecular formula is C20H24N4O4. The van der Waals surface area contributed by atoms with Crippen LogP contribution in [-0.4, -0.2) is 51.4 Å². The first-order valence-electron chi connectivity index (χ1n) is 9.20. The van der Waals surface area contributed by atoms with Gasteiger partial charge in [0.15, 0.2) is 5.69 Å². The van der Waals surface area contributed by atoms with E-state index >= 15 is 0 Å². The maximum absolute atomic E-state index is 13.2. The Kier molecular flexibility index (Phi) is 5.48. The molecule has 0 unspecified atom stereocenters. The second kappa shape index (κ2) is 7.84. The third-order valence-corrected chi connectivity index (χ3v) is 4.97. The summed E-state index contributed by atoms with van der Waals surface area (Å²) in [6.45, 7) is 4.64. The molecule has 0 aliphatic carbocycles. The Labute approximate surface area is 163 Å². The molecule has 8 heteroatoms. The maximum atomic E-state index is 13.2. The number of carbonyl (C=O) groups excluding carboxylic acids is 3. The molecule has 28 heavy (non-hydrogen) atoms. The quantitative estimate of drug-likeness (QED) is 0.764. The molecule has 1 aromatic heterocycles. The predicted molar refractivity (Wildman–Crippen MR) is 102 cm³/mol. The molecule has 8 nitrogen and oxygen atoms in total. The number of ether oxygens (including phenoxy) is 1. The van der Waals surface area contributed by atoms with E-state index in [0.717, 1.165) is 5.56 Å². The number of amides is 2. The number of esters is 1. The van der Waals surface area contributed by atoms with E-state index in [1.807, 2.05) is 37.3 Å². The number of carbonyl (C=O) groups is 3. The van der Waals surface area contributed by atoms with Crippen molar-refractivity contribution in [3.05, 3.63) is 53.6 Å². The van der Waals surface area contributed by atoms with Crippen LogP contribution in [0.2, 0.25) is 0 Å². The van der Waals surface area contributed by atoms with E-state index < -0.39 is 17.4 Å². The Morgan fingerprint density at radius 3 is 2.64 bits per heavy atom. The fourth-order valence-corrected chi connectivity index (χ4v) is 3.48. The van der Waals surface area contributed by atoms with Crippen molar-refractivity contribution in [1.82, 2.24) is 19.8 Å². The zero-order valence-electron chi connectivity index (χ0n) is 16.3. The first-order valence-corrected chi connectivity index (χ1v) is 9.20. The van der Waals surface area contributed by atoms with E-state index in [9.17, 15) is 14.4 Å². The number of fused-ring (bicyclic) bond motifs is 1. The van der Waals surface area contributed by atoms with Crippen molar-refractivity contribution in [2.45, 2.75) is 38.9 Å². The lowest BCUT2D eigenvalue weighted by molar-refractivity contribution is -0.133. The third-order valence-electron chi connectivity index (χ3n) is 4.97. The third kappa shape index (κ3) is 3.37. The van der Waals surface area contributed by atoms with Crippen LogP contribution in [-0.2, 0) is 22.6 Å². The molecule has 0 spiro atoms. The van der Waals surface area contributed by atoms with E-state index in [1.165, 1.54) is 18.3 Å². The molecule has 1 N–H and O–H groups in total. The van der Waals surface area contributed by atoms with Crippen LogP contribution in [0.1, 0.15) is 46.8 Å². The van der Waals surface area contributed by atoms with Crippen LogP contribution in [0.25, 0.3) is 0 Å². The molecule has 1 aliphatic heterocycles. The van der Waals surface area contributed by atoms with Gasteiger partial charge in [-0.05, 0) is 18.9 Å². The van der Waals surface area contributed by atoms with E-state index in [2.05, 4.69) is 10.3 Å². The minimum absolute atomic E-state index is 0.0275. The number of nitrogens with zero attached hydrogens (tertiary/aromatic N) is 3. The summed E-state index contributed by atoms with van der Waals surface area (Å²) in [6.07, 6.45) is 2.08. The van der Waals surface area contributed by atoms with Gasteiger partial charge in [-0.25, -0.2) is 9.78 Å². The number of rotatable bonds is 6. The van der Waals surface area contributed by atoms with Crippen molar-refractivity contribution in [3.8, 4) is 0 Å². The first kappa shape index (κ1) is 19.6. The summed E-state index contributed by atoms with van der Waals surface area (Å²) in [5, 5.41) is 2.93. The second-order valence-electron chi connectivity index (χ2n) is 6.96. The van der Waals surface area contributed by atoms with Gasteiger partial charge in [-0.1, -0.05) is 37.3 Å². The van der Waals surface area contributed by atoms with Gasteiger partial charge in [0.25, 0.3) is 5.91 Å². The number of imidazole rings is 1. The lowest BCUT2D eigenvalue weighted by atomic mass is 9.94. The van der Waals surface area contributed by atoms with Crippen molar-refractivity contribution in [2.24, 2.45) is 0 Å². The summed E-state index contributed by atoms with van der Waals surface area (Å²) >= 11 is 0. The van der Waals surface area contributed by atoms with Crippen LogP contribution >= 0.6 is 0 Å². The molecule has 3 rings (SSSR count). The summed E-state index contributed by atoms with van der Waals surface area (Å²) in [7, 11) is 1.24.